The first kappa shape index (κ1) is 8.53. The molecule has 0 heterocycles. The Balaban J connectivity index is 2.48. The third kappa shape index (κ3) is 2.19. The summed E-state index contributed by atoms with van der Waals surface area (Å²) in [7, 11) is 0. The van der Waals surface area contributed by atoms with Crippen molar-refractivity contribution in [1.82, 2.24) is 0 Å². The molecule has 3 nitrogen and oxygen atoms in total. The fourth-order valence-corrected chi connectivity index (χ4v) is 1.61. The third-order valence-electron chi connectivity index (χ3n) is 2.06. The first-order chi connectivity index (χ1) is 5.02. The number of ether oxygens (including phenoxy) is 1. The number of esters is 1. The summed E-state index contributed by atoms with van der Waals surface area (Å²) in [6.07, 6.45) is 1.80. The molecule has 1 N–H and O–H groups in total. The maximum atomic E-state index is 10.6. The molecule has 1 aliphatic rings. The molecular formula is C8H14O3. The van der Waals surface area contributed by atoms with Gasteiger partial charge < -0.3 is 9.84 Å². The van der Waals surface area contributed by atoms with Crippen LogP contribution >= 0.6 is 0 Å². The SMILES string of the molecule is CC(=O)OC1(C)CCC(O)C1. The van der Waals surface area contributed by atoms with Gasteiger partial charge in [-0.25, -0.2) is 0 Å². The second kappa shape index (κ2) is 2.81. The van der Waals surface area contributed by atoms with E-state index in [1.54, 1.807) is 0 Å². The van der Waals surface area contributed by atoms with Crippen molar-refractivity contribution in [3.8, 4) is 0 Å². The van der Waals surface area contributed by atoms with E-state index in [1.165, 1.54) is 6.92 Å². The van der Waals surface area contributed by atoms with Crippen molar-refractivity contribution in [2.45, 2.75) is 44.8 Å². The van der Waals surface area contributed by atoms with Crippen molar-refractivity contribution in [3.05, 3.63) is 0 Å². The molecule has 1 aliphatic carbocycles. The lowest BCUT2D eigenvalue weighted by Crippen LogP contribution is -2.28. The number of carbonyl (C=O) groups excluding carboxylic acids is 1. The van der Waals surface area contributed by atoms with E-state index >= 15 is 0 Å². The van der Waals surface area contributed by atoms with Gasteiger partial charge in [0.05, 0.1) is 6.10 Å². The fraction of sp³-hybridized carbons (Fsp3) is 0.875. The number of aliphatic hydroxyl groups excluding tert-OH is 1. The summed E-state index contributed by atoms with van der Waals surface area (Å²) in [6, 6.07) is 0. The summed E-state index contributed by atoms with van der Waals surface area (Å²) >= 11 is 0. The van der Waals surface area contributed by atoms with Crippen LogP contribution in [0.1, 0.15) is 33.1 Å². The zero-order valence-electron chi connectivity index (χ0n) is 6.96. The maximum absolute atomic E-state index is 10.6. The molecule has 0 aromatic rings. The van der Waals surface area contributed by atoms with Crippen LogP contribution in [0.4, 0.5) is 0 Å². The average Bonchev–Trinajstić information content (AvgIpc) is 2.08. The summed E-state index contributed by atoms with van der Waals surface area (Å²) in [4.78, 5) is 10.6. The van der Waals surface area contributed by atoms with Crippen molar-refractivity contribution < 1.29 is 14.6 Å². The second-order valence-corrected chi connectivity index (χ2v) is 3.44. The zero-order valence-corrected chi connectivity index (χ0v) is 6.96. The van der Waals surface area contributed by atoms with E-state index < -0.39 is 5.60 Å². The van der Waals surface area contributed by atoms with Gasteiger partial charge in [-0.2, -0.15) is 0 Å². The van der Waals surface area contributed by atoms with Gasteiger partial charge in [-0.05, 0) is 19.8 Å². The molecule has 1 rings (SSSR count). The van der Waals surface area contributed by atoms with Gasteiger partial charge in [0, 0.05) is 13.3 Å². The quantitative estimate of drug-likeness (QED) is 0.575. The van der Waals surface area contributed by atoms with Crippen molar-refractivity contribution in [1.29, 1.82) is 0 Å². The van der Waals surface area contributed by atoms with E-state index in [2.05, 4.69) is 0 Å². The molecule has 0 radical (unpaired) electrons. The summed E-state index contributed by atoms with van der Waals surface area (Å²) < 4.78 is 5.07. The van der Waals surface area contributed by atoms with E-state index in [0.717, 1.165) is 12.8 Å². The van der Waals surface area contributed by atoms with Crippen LogP contribution in [0.25, 0.3) is 0 Å². The van der Waals surface area contributed by atoms with Gasteiger partial charge >= 0.3 is 5.97 Å². The Bertz CT molecular complexity index is 167. The van der Waals surface area contributed by atoms with Crippen molar-refractivity contribution in [3.63, 3.8) is 0 Å². The molecule has 0 aromatic heterocycles. The number of hydrogen-bond donors (Lipinski definition) is 1. The molecule has 0 spiro atoms. The van der Waals surface area contributed by atoms with Crippen LogP contribution in [0.15, 0.2) is 0 Å². The highest BCUT2D eigenvalue weighted by molar-refractivity contribution is 5.66. The van der Waals surface area contributed by atoms with Gasteiger partial charge in [0.2, 0.25) is 0 Å². The van der Waals surface area contributed by atoms with Crippen LogP contribution in [0.2, 0.25) is 0 Å². The summed E-state index contributed by atoms with van der Waals surface area (Å²) in [6.45, 7) is 3.26. The smallest absolute Gasteiger partial charge is 0.303 e. The van der Waals surface area contributed by atoms with Crippen molar-refractivity contribution >= 4 is 5.97 Å². The van der Waals surface area contributed by atoms with Gasteiger partial charge in [0.25, 0.3) is 0 Å². The van der Waals surface area contributed by atoms with Crippen LogP contribution in [0.3, 0.4) is 0 Å². The average molecular weight is 158 g/mol. The van der Waals surface area contributed by atoms with Crippen LogP contribution in [0.5, 0.6) is 0 Å². The highest BCUT2D eigenvalue weighted by atomic mass is 16.6. The van der Waals surface area contributed by atoms with E-state index in [0.29, 0.717) is 6.42 Å². The molecule has 1 fully saturated rings. The Morgan fingerprint density at radius 3 is 2.73 bits per heavy atom. The van der Waals surface area contributed by atoms with Crippen LogP contribution < -0.4 is 0 Å². The number of aliphatic hydroxyl groups is 1. The lowest BCUT2D eigenvalue weighted by molar-refractivity contribution is -0.155. The standard InChI is InChI=1S/C8H14O3/c1-6(9)11-8(2)4-3-7(10)5-8/h7,10H,3-5H2,1-2H3. The first-order valence-corrected chi connectivity index (χ1v) is 3.89. The fourth-order valence-electron chi connectivity index (χ4n) is 1.61. The minimum Gasteiger partial charge on any atom is -0.459 e. The molecule has 64 valence electrons. The Hall–Kier alpha value is -0.570. The topological polar surface area (TPSA) is 46.5 Å². The Morgan fingerprint density at radius 2 is 2.36 bits per heavy atom. The summed E-state index contributed by atoms with van der Waals surface area (Å²) in [5.41, 5.74) is -0.411. The predicted molar refractivity (Wildman–Crippen MR) is 40.0 cm³/mol. The molecule has 3 heteroatoms. The Kier molecular flexibility index (Phi) is 2.18. The van der Waals surface area contributed by atoms with E-state index in [9.17, 15) is 9.90 Å². The lowest BCUT2D eigenvalue weighted by atomic mass is 10.1. The van der Waals surface area contributed by atoms with Crippen LogP contribution in [-0.4, -0.2) is 22.8 Å². The van der Waals surface area contributed by atoms with Gasteiger partial charge in [0.15, 0.2) is 0 Å². The minimum absolute atomic E-state index is 0.262. The van der Waals surface area contributed by atoms with Gasteiger partial charge in [0.1, 0.15) is 5.60 Å². The monoisotopic (exact) mass is 158 g/mol. The lowest BCUT2D eigenvalue weighted by Gasteiger charge is -2.22. The molecular weight excluding hydrogens is 144 g/mol. The predicted octanol–water partition coefficient (Wildman–Crippen LogP) is 0.853. The summed E-state index contributed by atoms with van der Waals surface area (Å²) in [5, 5.41) is 9.19. The number of carbonyl (C=O) groups is 1. The molecule has 0 saturated heterocycles. The van der Waals surface area contributed by atoms with Gasteiger partial charge in [-0.3, -0.25) is 4.79 Å². The summed E-state index contributed by atoms with van der Waals surface area (Å²) in [5.74, 6) is -0.262. The highest BCUT2D eigenvalue weighted by Crippen LogP contribution is 2.32. The normalized spacial score (nSPS) is 37.2. The molecule has 0 aliphatic heterocycles. The number of rotatable bonds is 1. The molecule has 11 heavy (non-hydrogen) atoms. The molecule has 0 amide bonds. The van der Waals surface area contributed by atoms with Gasteiger partial charge in [-0.1, -0.05) is 0 Å². The van der Waals surface area contributed by atoms with Crippen molar-refractivity contribution in [2.24, 2.45) is 0 Å². The Labute approximate surface area is 66.4 Å². The van der Waals surface area contributed by atoms with E-state index in [4.69, 9.17) is 4.74 Å². The minimum atomic E-state index is -0.411. The molecule has 2 atom stereocenters. The molecule has 0 bridgehead atoms. The van der Waals surface area contributed by atoms with E-state index in [-0.39, 0.29) is 12.1 Å². The van der Waals surface area contributed by atoms with Gasteiger partial charge in [-0.15, -0.1) is 0 Å². The van der Waals surface area contributed by atoms with Crippen LogP contribution in [-0.2, 0) is 9.53 Å². The maximum Gasteiger partial charge on any atom is 0.303 e. The number of hydrogen-bond acceptors (Lipinski definition) is 3. The zero-order chi connectivity index (χ0) is 8.48. The van der Waals surface area contributed by atoms with Crippen LogP contribution in [0, 0.1) is 0 Å². The largest absolute Gasteiger partial charge is 0.459 e. The van der Waals surface area contributed by atoms with E-state index in [1.807, 2.05) is 6.92 Å². The second-order valence-electron chi connectivity index (χ2n) is 3.44. The first-order valence-electron chi connectivity index (χ1n) is 3.89. The molecule has 0 aromatic carbocycles. The Morgan fingerprint density at radius 1 is 1.73 bits per heavy atom. The highest BCUT2D eigenvalue weighted by Gasteiger charge is 2.36. The van der Waals surface area contributed by atoms with Crippen molar-refractivity contribution in [2.75, 3.05) is 0 Å². The third-order valence-corrected chi connectivity index (χ3v) is 2.06. The molecule has 1 saturated carbocycles. The molecule has 2 unspecified atom stereocenters.